The molecule has 1 saturated heterocycles. The molecule has 128 valence electrons. The highest BCUT2D eigenvalue weighted by Crippen LogP contribution is 2.11. The molecule has 0 atom stereocenters. The van der Waals surface area contributed by atoms with Gasteiger partial charge in [0.15, 0.2) is 0 Å². The molecule has 1 amide bonds. The van der Waals surface area contributed by atoms with E-state index >= 15 is 0 Å². The summed E-state index contributed by atoms with van der Waals surface area (Å²) < 4.78 is 31.0. The van der Waals surface area contributed by atoms with Crippen LogP contribution < -0.4 is 4.74 Å². The van der Waals surface area contributed by atoms with Gasteiger partial charge in [-0.2, -0.15) is 4.31 Å². The number of sulfonamides is 1. The van der Waals surface area contributed by atoms with Crippen LogP contribution in [0.25, 0.3) is 0 Å². The number of nitrogens with zero attached hydrogens (tertiary/aromatic N) is 2. The highest BCUT2D eigenvalue weighted by molar-refractivity contribution is 7.89. The summed E-state index contributed by atoms with van der Waals surface area (Å²) in [5.41, 5.74) is 0. The number of hydrogen-bond donors (Lipinski definition) is 0. The largest absolute Gasteiger partial charge is 0.493 e. The van der Waals surface area contributed by atoms with Gasteiger partial charge in [0.05, 0.1) is 18.8 Å². The average molecular weight is 340 g/mol. The Bertz CT molecular complexity index is 596. The number of carbonyl (C=O) groups is 1. The van der Waals surface area contributed by atoms with Gasteiger partial charge >= 0.3 is 0 Å². The second-order valence-electron chi connectivity index (χ2n) is 5.51. The fourth-order valence-electron chi connectivity index (χ4n) is 2.53. The molecule has 2 rings (SSSR count). The van der Waals surface area contributed by atoms with Crippen LogP contribution in [0.3, 0.4) is 0 Å². The first-order valence-electron chi connectivity index (χ1n) is 7.96. The molecule has 0 unspecified atom stereocenters. The van der Waals surface area contributed by atoms with E-state index in [9.17, 15) is 13.2 Å². The fourth-order valence-corrected chi connectivity index (χ4v) is 4.03. The monoisotopic (exact) mass is 340 g/mol. The minimum absolute atomic E-state index is 0.00784. The fraction of sp³-hybridized carbons (Fsp3) is 0.562. The first kappa shape index (κ1) is 17.7. The van der Waals surface area contributed by atoms with E-state index in [2.05, 4.69) is 0 Å². The van der Waals surface area contributed by atoms with Gasteiger partial charge in [0.25, 0.3) is 0 Å². The molecule has 1 aliphatic heterocycles. The topological polar surface area (TPSA) is 66.9 Å². The predicted octanol–water partition coefficient (Wildman–Crippen LogP) is 1.34. The van der Waals surface area contributed by atoms with Crippen LogP contribution in [0.5, 0.6) is 5.75 Å². The molecule has 0 aromatic heterocycles. The van der Waals surface area contributed by atoms with Crippen LogP contribution in [0.1, 0.15) is 19.8 Å². The minimum Gasteiger partial charge on any atom is -0.493 e. The molecule has 1 aromatic carbocycles. The van der Waals surface area contributed by atoms with Gasteiger partial charge in [0, 0.05) is 26.2 Å². The van der Waals surface area contributed by atoms with E-state index in [0.29, 0.717) is 45.6 Å². The van der Waals surface area contributed by atoms with Gasteiger partial charge in [-0.3, -0.25) is 4.79 Å². The summed E-state index contributed by atoms with van der Waals surface area (Å²) >= 11 is 0. The summed E-state index contributed by atoms with van der Waals surface area (Å²) in [5.74, 6) is 0.926. The molecular formula is C16H24N2O4S. The van der Waals surface area contributed by atoms with Crippen molar-refractivity contribution in [3.8, 4) is 5.75 Å². The van der Waals surface area contributed by atoms with Gasteiger partial charge in [-0.05, 0) is 18.6 Å². The minimum atomic E-state index is -3.16. The number of benzene rings is 1. The Hall–Kier alpha value is -1.60. The van der Waals surface area contributed by atoms with Gasteiger partial charge in [0.2, 0.25) is 15.9 Å². The van der Waals surface area contributed by atoms with Gasteiger partial charge in [0.1, 0.15) is 5.75 Å². The highest BCUT2D eigenvalue weighted by Gasteiger charge is 2.27. The predicted molar refractivity (Wildman–Crippen MR) is 88.8 cm³/mol. The Balaban J connectivity index is 1.73. The molecule has 1 fully saturated rings. The third-order valence-corrected chi connectivity index (χ3v) is 5.85. The zero-order valence-corrected chi connectivity index (χ0v) is 14.3. The number of carbonyl (C=O) groups excluding carboxylic acids is 1. The third kappa shape index (κ3) is 5.21. The van der Waals surface area contributed by atoms with Gasteiger partial charge < -0.3 is 9.64 Å². The average Bonchev–Trinajstić information content (AvgIpc) is 2.56. The maximum atomic E-state index is 12.1. The third-order valence-electron chi connectivity index (χ3n) is 3.77. The molecule has 0 saturated carbocycles. The van der Waals surface area contributed by atoms with E-state index in [4.69, 9.17) is 4.74 Å². The standard InChI is InChI=1S/C16H24N2O4S/c1-2-14-23(20,21)18-11-9-17(10-12-18)16(19)8-13-22-15-6-4-3-5-7-15/h3-7H,2,8-14H2,1H3. The van der Waals surface area contributed by atoms with Crippen molar-refractivity contribution >= 4 is 15.9 Å². The molecule has 0 N–H and O–H groups in total. The van der Waals surface area contributed by atoms with Crippen molar-refractivity contribution in [1.82, 2.24) is 9.21 Å². The van der Waals surface area contributed by atoms with Crippen LogP contribution in [0.4, 0.5) is 0 Å². The van der Waals surface area contributed by atoms with E-state index in [1.807, 2.05) is 37.3 Å². The molecule has 7 heteroatoms. The lowest BCUT2D eigenvalue weighted by molar-refractivity contribution is -0.132. The van der Waals surface area contributed by atoms with Gasteiger partial charge in [-0.15, -0.1) is 0 Å². The molecule has 6 nitrogen and oxygen atoms in total. The van der Waals surface area contributed by atoms with Crippen molar-refractivity contribution in [2.24, 2.45) is 0 Å². The van der Waals surface area contributed by atoms with E-state index in [1.54, 1.807) is 4.90 Å². The molecule has 0 aliphatic carbocycles. The number of piperazine rings is 1. The molecule has 1 aliphatic rings. The molecule has 23 heavy (non-hydrogen) atoms. The first-order valence-corrected chi connectivity index (χ1v) is 9.57. The van der Waals surface area contributed by atoms with E-state index in [-0.39, 0.29) is 11.7 Å². The van der Waals surface area contributed by atoms with Crippen molar-refractivity contribution in [1.29, 1.82) is 0 Å². The summed E-state index contributed by atoms with van der Waals surface area (Å²) in [4.78, 5) is 13.9. The lowest BCUT2D eigenvalue weighted by atomic mass is 10.3. The van der Waals surface area contributed by atoms with Crippen molar-refractivity contribution in [3.63, 3.8) is 0 Å². The number of amides is 1. The summed E-state index contributed by atoms with van der Waals surface area (Å²) in [6.45, 7) is 3.85. The first-order chi connectivity index (χ1) is 11.0. The zero-order valence-electron chi connectivity index (χ0n) is 13.5. The van der Waals surface area contributed by atoms with E-state index in [0.717, 1.165) is 5.75 Å². The SMILES string of the molecule is CCCS(=O)(=O)N1CCN(C(=O)CCOc2ccccc2)CC1. The highest BCUT2D eigenvalue weighted by atomic mass is 32.2. The molecule has 0 radical (unpaired) electrons. The van der Waals surface area contributed by atoms with Crippen LogP contribution in [0.2, 0.25) is 0 Å². The van der Waals surface area contributed by atoms with Crippen LogP contribution in [-0.4, -0.2) is 62.1 Å². The molecule has 1 aromatic rings. The lowest BCUT2D eigenvalue weighted by Crippen LogP contribution is -2.51. The van der Waals surface area contributed by atoms with Crippen LogP contribution in [0.15, 0.2) is 30.3 Å². The van der Waals surface area contributed by atoms with E-state index in [1.165, 1.54) is 4.31 Å². The number of rotatable bonds is 7. The second-order valence-corrected chi connectivity index (χ2v) is 7.60. The molecule has 1 heterocycles. The summed E-state index contributed by atoms with van der Waals surface area (Å²) in [5, 5.41) is 0. The normalized spacial score (nSPS) is 16.3. The Morgan fingerprint density at radius 1 is 1.13 bits per heavy atom. The van der Waals surface area contributed by atoms with Crippen molar-refractivity contribution < 1.29 is 17.9 Å². The van der Waals surface area contributed by atoms with Gasteiger partial charge in [-0.1, -0.05) is 25.1 Å². The zero-order chi connectivity index (χ0) is 16.7. The summed E-state index contributed by atoms with van der Waals surface area (Å²) in [6.07, 6.45) is 0.912. The Morgan fingerprint density at radius 3 is 2.39 bits per heavy atom. The van der Waals surface area contributed by atoms with Crippen molar-refractivity contribution in [2.45, 2.75) is 19.8 Å². The smallest absolute Gasteiger partial charge is 0.226 e. The van der Waals surface area contributed by atoms with Crippen LogP contribution in [0, 0.1) is 0 Å². The lowest BCUT2D eigenvalue weighted by Gasteiger charge is -2.34. The Labute approximate surface area is 138 Å². The summed E-state index contributed by atoms with van der Waals surface area (Å²) in [7, 11) is -3.16. The molecule has 0 bridgehead atoms. The van der Waals surface area contributed by atoms with Crippen LogP contribution in [-0.2, 0) is 14.8 Å². The second kappa shape index (κ2) is 8.31. The number of ether oxygens (including phenoxy) is 1. The Kier molecular flexibility index (Phi) is 6.41. The quantitative estimate of drug-likeness (QED) is 0.751. The van der Waals surface area contributed by atoms with Crippen LogP contribution >= 0.6 is 0 Å². The number of para-hydroxylation sites is 1. The van der Waals surface area contributed by atoms with Crippen molar-refractivity contribution in [2.75, 3.05) is 38.5 Å². The Morgan fingerprint density at radius 2 is 1.78 bits per heavy atom. The molecular weight excluding hydrogens is 316 g/mol. The van der Waals surface area contributed by atoms with Gasteiger partial charge in [-0.25, -0.2) is 8.42 Å². The molecule has 0 spiro atoms. The summed E-state index contributed by atoms with van der Waals surface area (Å²) in [6, 6.07) is 9.37. The number of hydrogen-bond acceptors (Lipinski definition) is 4. The van der Waals surface area contributed by atoms with E-state index < -0.39 is 10.0 Å². The van der Waals surface area contributed by atoms with Crippen molar-refractivity contribution in [3.05, 3.63) is 30.3 Å². The maximum Gasteiger partial charge on any atom is 0.226 e. The maximum absolute atomic E-state index is 12.1.